The highest BCUT2D eigenvalue weighted by Crippen LogP contribution is 2.22. The molecule has 0 amide bonds. The van der Waals surface area contributed by atoms with Gasteiger partial charge in [-0.1, -0.05) is 18.2 Å². The van der Waals surface area contributed by atoms with Gasteiger partial charge in [0.2, 0.25) is 0 Å². The third-order valence-electron chi connectivity index (χ3n) is 4.62. The maximum atomic E-state index is 12.3. The van der Waals surface area contributed by atoms with Crippen LogP contribution in [-0.2, 0) is 16.1 Å². The van der Waals surface area contributed by atoms with Crippen molar-refractivity contribution < 1.29 is 14.3 Å². The summed E-state index contributed by atoms with van der Waals surface area (Å²) in [5.41, 5.74) is 2.92. The van der Waals surface area contributed by atoms with Crippen molar-refractivity contribution in [2.75, 3.05) is 6.61 Å². The number of aryl methyl sites for hydroxylation is 1. The minimum absolute atomic E-state index is 0.0220. The van der Waals surface area contributed by atoms with E-state index in [2.05, 4.69) is 4.57 Å². The Balaban J connectivity index is 1.80. The van der Waals surface area contributed by atoms with Crippen LogP contribution < -0.4 is 4.74 Å². The Morgan fingerprint density at radius 2 is 2.15 bits per heavy atom. The molecule has 1 aromatic carbocycles. The van der Waals surface area contributed by atoms with Crippen molar-refractivity contribution in [3.05, 3.63) is 58.9 Å². The molecular formula is C21H22N2O3. The number of carbonyl (C=O) groups excluding carboxylic acids is 1. The van der Waals surface area contributed by atoms with E-state index in [1.165, 1.54) is 0 Å². The number of hydrogen-bond acceptors (Lipinski definition) is 4. The van der Waals surface area contributed by atoms with E-state index in [0.717, 1.165) is 42.9 Å². The van der Waals surface area contributed by atoms with Crippen LogP contribution in [0.1, 0.15) is 29.8 Å². The van der Waals surface area contributed by atoms with Crippen molar-refractivity contribution in [3.8, 4) is 11.8 Å². The zero-order valence-electron chi connectivity index (χ0n) is 15.1. The van der Waals surface area contributed by atoms with Gasteiger partial charge in [0.15, 0.2) is 0 Å². The highest BCUT2D eigenvalue weighted by Gasteiger charge is 2.19. The highest BCUT2D eigenvalue weighted by molar-refractivity contribution is 5.99. The molecule has 1 aliphatic rings. The summed E-state index contributed by atoms with van der Waals surface area (Å²) in [6, 6.07) is 12.7. The third-order valence-corrected chi connectivity index (χ3v) is 4.62. The quantitative estimate of drug-likeness (QED) is 0.356. The number of nitriles is 1. The van der Waals surface area contributed by atoms with Gasteiger partial charge in [0.05, 0.1) is 6.10 Å². The summed E-state index contributed by atoms with van der Waals surface area (Å²) in [4.78, 5) is 12.3. The fourth-order valence-corrected chi connectivity index (χ4v) is 3.19. The number of hydrogen-bond donors (Lipinski definition) is 0. The van der Waals surface area contributed by atoms with Crippen LogP contribution in [0.15, 0.2) is 42.0 Å². The normalized spacial score (nSPS) is 17.1. The molecule has 0 unspecified atom stereocenters. The summed E-state index contributed by atoms with van der Waals surface area (Å²) < 4.78 is 13.2. The number of rotatable bonds is 5. The smallest absolute Gasteiger partial charge is 0.354 e. The molecule has 0 N–H and O–H groups in total. The van der Waals surface area contributed by atoms with Crippen LogP contribution in [0.4, 0.5) is 0 Å². The Bertz CT molecular complexity index is 853. The number of benzene rings is 1. The zero-order valence-corrected chi connectivity index (χ0v) is 15.1. The monoisotopic (exact) mass is 350 g/mol. The fraction of sp³-hybridized carbons (Fsp3) is 0.333. The first-order valence-electron chi connectivity index (χ1n) is 8.76. The standard InChI is InChI=1S/C21H22N2O3/c1-15-11-17(16(2)23(15)14-20-9-6-10-25-20)12-18(13-22)21(24)26-19-7-4-3-5-8-19/h3-5,7-8,11-12,20H,6,9-10,14H2,1-2H3/b18-12+/t20-/m1/s1. The van der Waals surface area contributed by atoms with Gasteiger partial charge in [0.1, 0.15) is 17.4 Å². The lowest BCUT2D eigenvalue weighted by atomic mass is 10.1. The largest absolute Gasteiger partial charge is 0.422 e. The fourth-order valence-electron chi connectivity index (χ4n) is 3.19. The Labute approximate surface area is 153 Å². The molecule has 1 saturated heterocycles. The van der Waals surface area contributed by atoms with Crippen LogP contribution in [0.25, 0.3) is 6.08 Å². The number of para-hydroxylation sites is 1. The van der Waals surface area contributed by atoms with Crippen molar-refractivity contribution in [2.45, 2.75) is 39.3 Å². The second-order valence-electron chi connectivity index (χ2n) is 6.44. The maximum absolute atomic E-state index is 12.3. The molecule has 1 aromatic heterocycles. The van der Waals surface area contributed by atoms with E-state index >= 15 is 0 Å². The van der Waals surface area contributed by atoms with Crippen LogP contribution in [0.3, 0.4) is 0 Å². The Kier molecular flexibility index (Phi) is 5.55. The molecule has 2 heterocycles. The summed E-state index contributed by atoms with van der Waals surface area (Å²) in [7, 11) is 0. The first-order valence-corrected chi connectivity index (χ1v) is 8.76. The second-order valence-corrected chi connectivity index (χ2v) is 6.44. The zero-order chi connectivity index (χ0) is 18.5. The molecule has 5 nitrogen and oxygen atoms in total. The maximum Gasteiger partial charge on any atom is 0.354 e. The van der Waals surface area contributed by atoms with Crippen molar-refractivity contribution in [1.29, 1.82) is 5.26 Å². The molecule has 2 aromatic rings. The van der Waals surface area contributed by atoms with Crippen LogP contribution >= 0.6 is 0 Å². The average molecular weight is 350 g/mol. The lowest BCUT2D eigenvalue weighted by Crippen LogP contribution is -2.16. The number of ether oxygens (including phenoxy) is 2. The number of aromatic nitrogens is 1. The van der Waals surface area contributed by atoms with Gasteiger partial charge < -0.3 is 14.0 Å². The van der Waals surface area contributed by atoms with E-state index in [-0.39, 0.29) is 11.7 Å². The highest BCUT2D eigenvalue weighted by atomic mass is 16.5. The second kappa shape index (κ2) is 8.03. The molecule has 0 saturated carbocycles. The van der Waals surface area contributed by atoms with Gasteiger partial charge in [0, 0.05) is 24.5 Å². The van der Waals surface area contributed by atoms with Crippen molar-refractivity contribution in [3.63, 3.8) is 0 Å². The van der Waals surface area contributed by atoms with Gasteiger partial charge >= 0.3 is 5.97 Å². The molecule has 0 radical (unpaired) electrons. The van der Waals surface area contributed by atoms with Gasteiger partial charge in [-0.2, -0.15) is 5.26 Å². The topological polar surface area (TPSA) is 64.2 Å². The molecule has 1 fully saturated rings. The van der Waals surface area contributed by atoms with Crippen molar-refractivity contribution >= 4 is 12.0 Å². The summed E-state index contributed by atoms with van der Waals surface area (Å²) >= 11 is 0. The van der Waals surface area contributed by atoms with Crippen molar-refractivity contribution in [1.82, 2.24) is 4.57 Å². The van der Waals surface area contributed by atoms with Crippen LogP contribution in [0.5, 0.6) is 5.75 Å². The van der Waals surface area contributed by atoms with E-state index in [9.17, 15) is 10.1 Å². The lowest BCUT2D eigenvalue weighted by Gasteiger charge is -2.14. The van der Waals surface area contributed by atoms with Gasteiger partial charge in [-0.25, -0.2) is 4.79 Å². The van der Waals surface area contributed by atoms with E-state index in [0.29, 0.717) is 5.75 Å². The van der Waals surface area contributed by atoms with Gasteiger partial charge in [-0.3, -0.25) is 0 Å². The summed E-state index contributed by atoms with van der Waals surface area (Å²) in [6.07, 6.45) is 3.99. The lowest BCUT2D eigenvalue weighted by molar-refractivity contribution is -0.129. The van der Waals surface area contributed by atoms with E-state index in [1.807, 2.05) is 32.0 Å². The molecular weight excluding hydrogens is 328 g/mol. The van der Waals surface area contributed by atoms with E-state index in [1.54, 1.807) is 30.3 Å². The van der Waals surface area contributed by atoms with Crippen LogP contribution in [0, 0.1) is 25.2 Å². The first-order chi connectivity index (χ1) is 12.6. The van der Waals surface area contributed by atoms with E-state index in [4.69, 9.17) is 9.47 Å². The minimum Gasteiger partial charge on any atom is -0.422 e. The first kappa shape index (κ1) is 18.0. The third kappa shape index (κ3) is 4.04. The van der Waals surface area contributed by atoms with Gasteiger partial charge in [-0.05, 0) is 56.5 Å². The van der Waals surface area contributed by atoms with E-state index < -0.39 is 5.97 Å². The Morgan fingerprint density at radius 3 is 2.81 bits per heavy atom. The number of nitrogens with zero attached hydrogens (tertiary/aromatic N) is 2. The summed E-state index contributed by atoms with van der Waals surface area (Å²) in [5.74, 6) is -0.231. The Hall–Kier alpha value is -2.84. The SMILES string of the molecule is Cc1cc(/C=C(\C#N)C(=O)Oc2ccccc2)c(C)n1C[C@H]1CCCO1. The molecule has 0 bridgehead atoms. The summed E-state index contributed by atoms with van der Waals surface area (Å²) in [6.45, 7) is 5.63. The molecule has 0 spiro atoms. The van der Waals surface area contributed by atoms with Gasteiger partial charge in [0.25, 0.3) is 0 Å². The van der Waals surface area contributed by atoms with Gasteiger partial charge in [-0.15, -0.1) is 0 Å². The van der Waals surface area contributed by atoms with Crippen LogP contribution in [0.2, 0.25) is 0 Å². The Morgan fingerprint density at radius 1 is 1.38 bits per heavy atom. The number of esters is 1. The van der Waals surface area contributed by atoms with Crippen LogP contribution in [-0.4, -0.2) is 23.2 Å². The number of carbonyl (C=O) groups is 1. The molecule has 1 aliphatic heterocycles. The molecule has 134 valence electrons. The summed E-state index contributed by atoms with van der Waals surface area (Å²) in [5, 5.41) is 9.39. The molecule has 26 heavy (non-hydrogen) atoms. The van der Waals surface area contributed by atoms with Crippen molar-refractivity contribution in [2.24, 2.45) is 0 Å². The predicted molar refractivity (Wildman–Crippen MR) is 98.5 cm³/mol. The molecule has 3 rings (SSSR count). The molecule has 1 atom stereocenters. The molecule has 5 heteroatoms. The average Bonchev–Trinajstić information content (AvgIpc) is 3.24. The minimum atomic E-state index is -0.650. The predicted octanol–water partition coefficient (Wildman–Crippen LogP) is 3.80. The molecule has 0 aliphatic carbocycles.